The number of nitrogens with zero attached hydrogens (tertiary/aromatic N) is 2. The van der Waals surface area contributed by atoms with Crippen LogP contribution in [0.4, 0.5) is 0 Å². The highest BCUT2D eigenvalue weighted by molar-refractivity contribution is 6.02. The third-order valence-electron chi connectivity index (χ3n) is 6.39. The molecule has 4 rings (SSSR count). The number of aromatic nitrogens is 1. The van der Waals surface area contributed by atoms with E-state index in [4.69, 9.17) is 4.74 Å². The molecule has 2 heterocycles. The van der Waals surface area contributed by atoms with Gasteiger partial charge < -0.3 is 9.64 Å². The molecular weight excluding hydrogens is 376 g/mol. The molecule has 0 spiro atoms. The Morgan fingerprint density at radius 3 is 2.63 bits per heavy atom. The van der Waals surface area contributed by atoms with Crippen LogP contribution >= 0.6 is 0 Å². The van der Waals surface area contributed by atoms with Gasteiger partial charge in [-0.3, -0.25) is 14.6 Å². The second-order valence-electron chi connectivity index (χ2n) is 8.24. The zero-order valence-corrected chi connectivity index (χ0v) is 17.7. The van der Waals surface area contributed by atoms with Crippen LogP contribution in [-0.4, -0.2) is 41.5 Å². The van der Waals surface area contributed by atoms with Crippen LogP contribution in [-0.2, 0) is 9.53 Å². The molecule has 0 unspecified atom stereocenters. The van der Waals surface area contributed by atoms with Crippen LogP contribution in [0.1, 0.15) is 29.9 Å². The van der Waals surface area contributed by atoms with Gasteiger partial charge in [0.15, 0.2) is 0 Å². The zero-order chi connectivity index (χ0) is 21.3. The molecule has 2 aliphatic rings. The lowest BCUT2D eigenvalue weighted by atomic mass is 9.72. The van der Waals surface area contributed by atoms with E-state index in [0.29, 0.717) is 25.3 Å². The number of hydrogen-bond donors (Lipinski definition) is 0. The van der Waals surface area contributed by atoms with Crippen LogP contribution in [0.25, 0.3) is 11.1 Å². The highest BCUT2D eigenvalue weighted by Gasteiger charge is 2.46. The molecular formula is C25H28N2O3. The summed E-state index contributed by atoms with van der Waals surface area (Å²) < 4.78 is 5.35. The van der Waals surface area contributed by atoms with Crippen molar-refractivity contribution in [1.29, 1.82) is 0 Å². The largest absolute Gasteiger partial charge is 0.466 e. The Labute approximate surface area is 177 Å². The normalized spacial score (nSPS) is 25.1. The number of carbonyl (C=O) groups excluding carboxylic acids is 2. The standard InChI is InChI=1S/C25H28N2O3/c1-4-30-25(29)22-16(2)10-11-19-14-27(15-21(19)22)24(28)23-17(3)26-13-12-20(23)18-8-6-5-7-9-18/h5-13,16,19,21-22H,4,14-15H2,1-3H3/t16-,19-,21+,22+/m0/s1. The number of pyridine rings is 1. The van der Waals surface area contributed by atoms with E-state index < -0.39 is 0 Å². The molecule has 5 nitrogen and oxygen atoms in total. The number of esters is 1. The molecule has 1 aliphatic carbocycles. The third-order valence-corrected chi connectivity index (χ3v) is 6.39. The van der Waals surface area contributed by atoms with Gasteiger partial charge in [-0.2, -0.15) is 0 Å². The topological polar surface area (TPSA) is 59.5 Å². The lowest BCUT2D eigenvalue weighted by Gasteiger charge is -2.31. The second-order valence-corrected chi connectivity index (χ2v) is 8.24. The summed E-state index contributed by atoms with van der Waals surface area (Å²) in [5.74, 6) is 0.00209. The molecule has 5 heteroatoms. The van der Waals surface area contributed by atoms with Crippen LogP contribution in [0.15, 0.2) is 54.7 Å². The SMILES string of the molecule is CCOC(=O)[C@H]1[C@@H]2CN(C(=O)c3c(-c4ccccc4)ccnc3C)C[C@@H]2C=C[C@@H]1C. The smallest absolute Gasteiger partial charge is 0.309 e. The molecule has 1 aromatic heterocycles. The van der Waals surface area contributed by atoms with Crippen molar-refractivity contribution in [1.82, 2.24) is 9.88 Å². The maximum atomic E-state index is 13.6. The predicted molar refractivity (Wildman–Crippen MR) is 116 cm³/mol. The van der Waals surface area contributed by atoms with Crippen molar-refractivity contribution in [2.24, 2.45) is 23.7 Å². The van der Waals surface area contributed by atoms with Crippen molar-refractivity contribution >= 4 is 11.9 Å². The molecule has 1 saturated heterocycles. The molecule has 2 aromatic rings. The first-order chi connectivity index (χ1) is 14.5. The van der Waals surface area contributed by atoms with Crippen LogP contribution < -0.4 is 0 Å². The molecule has 156 valence electrons. The molecule has 0 saturated carbocycles. The zero-order valence-electron chi connectivity index (χ0n) is 17.7. The fourth-order valence-corrected chi connectivity index (χ4v) is 4.91. The van der Waals surface area contributed by atoms with E-state index in [1.807, 2.05) is 55.1 Å². The fraction of sp³-hybridized carbons (Fsp3) is 0.400. The first-order valence-corrected chi connectivity index (χ1v) is 10.7. The number of carbonyl (C=O) groups is 2. The molecule has 0 N–H and O–H groups in total. The minimum absolute atomic E-state index is 0.0162. The van der Waals surface area contributed by atoms with Crippen molar-refractivity contribution in [3.63, 3.8) is 0 Å². The van der Waals surface area contributed by atoms with Gasteiger partial charge in [0.2, 0.25) is 0 Å². The molecule has 1 fully saturated rings. The van der Waals surface area contributed by atoms with E-state index in [1.54, 1.807) is 6.20 Å². The fourth-order valence-electron chi connectivity index (χ4n) is 4.91. The summed E-state index contributed by atoms with van der Waals surface area (Å²) in [5.41, 5.74) is 3.27. The summed E-state index contributed by atoms with van der Waals surface area (Å²) in [5, 5.41) is 0. The maximum Gasteiger partial charge on any atom is 0.309 e. The Hall–Kier alpha value is -2.95. The van der Waals surface area contributed by atoms with Crippen molar-refractivity contribution in [2.45, 2.75) is 20.8 Å². The lowest BCUT2D eigenvalue weighted by Crippen LogP contribution is -2.37. The van der Waals surface area contributed by atoms with Crippen molar-refractivity contribution in [3.05, 3.63) is 66.0 Å². The van der Waals surface area contributed by atoms with E-state index >= 15 is 0 Å². The monoisotopic (exact) mass is 404 g/mol. The number of hydrogen-bond acceptors (Lipinski definition) is 4. The number of allylic oxidation sites excluding steroid dienone is 1. The van der Waals surface area contributed by atoms with Gasteiger partial charge in [0, 0.05) is 19.3 Å². The van der Waals surface area contributed by atoms with Gasteiger partial charge in [-0.1, -0.05) is 49.4 Å². The molecule has 1 aromatic carbocycles. The number of aryl methyl sites for hydroxylation is 1. The van der Waals surface area contributed by atoms with Crippen molar-refractivity contribution in [3.8, 4) is 11.1 Å². The van der Waals surface area contributed by atoms with E-state index in [1.165, 1.54) is 0 Å². The minimum Gasteiger partial charge on any atom is -0.466 e. The van der Waals surface area contributed by atoms with Crippen LogP contribution in [0.5, 0.6) is 0 Å². The van der Waals surface area contributed by atoms with Gasteiger partial charge in [0.05, 0.1) is 23.8 Å². The Morgan fingerprint density at radius 2 is 1.90 bits per heavy atom. The molecule has 1 aliphatic heterocycles. The van der Waals surface area contributed by atoms with E-state index in [-0.39, 0.29) is 35.5 Å². The van der Waals surface area contributed by atoms with Crippen molar-refractivity contribution in [2.75, 3.05) is 19.7 Å². The number of likely N-dealkylation sites (tertiary alicyclic amines) is 1. The van der Waals surface area contributed by atoms with Crippen LogP contribution in [0, 0.1) is 30.6 Å². The van der Waals surface area contributed by atoms with Gasteiger partial charge >= 0.3 is 5.97 Å². The summed E-state index contributed by atoms with van der Waals surface area (Å²) in [6, 6.07) is 11.8. The molecule has 30 heavy (non-hydrogen) atoms. The number of fused-ring (bicyclic) bond motifs is 1. The van der Waals surface area contributed by atoms with Gasteiger partial charge in [0.25, 0.3) is 5.91 Å². The van der Waals surface area contributed by atoms with Crippen molar-refractivity contribution < 1.29 is 14.3 Å². The first-order valence-electron chi connectivity index (χ1n) is 10.7. The van der Waals surface area contributed by atoms with E-state index in [9.17, 15) is 9.59 Å². The molecule has 1 amide bonds. The first kappa shape index (κ1) is 20.3. The van der Waals surface area contributed by atoms with E-state index in [2.05, 4.69) is 24.1 Å². The Balaban J connectivity index is 1.64. The second kappa shape index (κ2) is 8.42. The summed E-state index contributed by atoms with van der Waals surface area (Å²) in [6.45, 7) is 7.32. The number of amides is 1. The summed E-state index contributed by atoms with van der Waals surface area (Å²) >= 11 is 0. The van der Waals surface area contributed by atoms with Crippen LogP contribution in [0.2, 0.25) is 0 Å². The van der Waals surface area contributed by atoms with Gasteiger partial charge in [-0.05, 0) is 48.8 Å². The van der Waals surface area contributed by atoms with E-state index in [0.717, 1.165) is 16.8 Å². The minimum atomic E-state index is -0.207. The summed E-state index contributed by atoms with van der Waals surface area (Å²) in [7, 11) is 0. The maximum absolute atomic E-state index is 13.6. The average molecular weight is 405 g/mol. The van der Waals surface area contributed by atoms with Gasteiger partial charge in [-0.15, -0.1) is 0 Å². The molecule has 4 atom stereocenters. The Kier molecular flexibility index (Phi) is 5.71. The third kappa shape index (κ3) is 3.64. The molecule has 0 radical (unpaired) electrons. The quantitative estimate of drug-likeness (QED) is 0.568. The molecule has 0 bridgehead atoms. The van der Waals surface area contributed by atoms with Gasteiger partial charge in [-0.25, -0.2) is 0 Å². The Morgan fingerprint density at radius 1 is 1.13 bits per heavy atom. The average Bonchev–Trinajstić information content (AvgIpc) is 3.18. The summed E-state index contributed by atoms with van der Waals surface area (Å²) in [6.07, 6.45) is 6.02. The summed E-state index contributed by atoms with van der Waals surface area (Å²) in [4.78, 5) is 32.5. The number of benzene rings is 1. The van der Waals surface area contributed by atoms with Crippen LogP contribution in [0.3, 0.4) is 0 Å². The highest BCUT2D eigenvalue weighted by Crippen LogP contribution is 2.41. The predicted octanol–water partition coefficient (Wildman–Crippen LogP) is 4.13. The van der Waals surface area contributed by atoms with Gasteiger partial charge in [0.1, 0.15) is 0 Å². The Bertz CT molecular complexity index is 970. The highest BCUT2D eigenvalue weighted by atomic mass is 16.5. The number of rotatable bonds is 4. The number of ether oxygens (including phenoxy) is 1. The lowest BCUT2D eigenvalue weighted by molar-refractivity contribution is -0.152.